The maximum absolute atomic E-state index is 4.21. The minimum atomic E-state index is 0.686. The summed E-state index contributed by atoms with van der Waals surface area (Å²) in [6.07, 6.45) is 0. The Morgan fingerprint density at radius 3 is 2.12 bits per heavy atom. The standard InChI is InChI=1S/C12H24N4S/c1-9(2)6-16(7-10(3)4)8-11-14-15-12(13-5)17-11/h9-10H,6-8H2,1-5H3,(H,13,15). The van der Waals surface area contributed by atoms with Crippen LogP contribution >= 0.6 is 11.3 Å². The Balaban J connectivity index is 2.57. The van der Waals surface area contributed by atoms with Gasteiger partial charge in [-0.3, -0.25) is 4.90 Å². The topological polar surface area (TPSA) is 41.1 Å². The number of hydrogen-bond donors (Lipinski definition) is 1. The number of nitrogens with zero attached hydrogens (tertiary/aromatic N) is 3. The highest BCUT2D eigenvalue weighted by Crippen LogP contribution is 2.17. The molecule has 17 heavy (non-hydrogen) atoms. The third-order valence-corrected chi connectivity index (χ3v) is 3.21. The highest BCUT2D eigenvalue weighted by Gasteiger charge is 2.12. The van der Waals surface area contributed by atoms with E-state index in [9.17, 15) is 0 Å². The molecule has 0 spiro atoms. The van der Waals surface area contributed by atoms with Crippen molar-refractivity contribution < 1.29 is 0 Å². The molecule has 0 aliphatic carbocycles. The minimum absolute atomic E-state index is 0.686. The van der Waals surface area contributed by atoms with E-state index in [0.29, 0.717) is 11.8 Å². The van der Waals surface area contributed by atoms with Crippen molar-refractivity contribution in [2.24, 2.45) is 11.8 Å². The summed E-state index contributed by atoms with van der Waals surface area (Å²) in [5, 5.41) is 13.3. The van der Waals surface area contributed by atoms with Gasteiger partial charge in [-0.15, -0.1) is 10.2 Å². The Morgan fingerprint density at radius 1 is 1.12 bits per heavy atom. The van der Waals surface area contributed by atoms with Crippen LogP contribution in [0.25, 0.3) is 0 Å². The average Bonchev–Trinajstić information content (AvgIpc) is 2.63. The molecule has 0 unspecified atom stereocenters. The van der Waals surface area contributed by atoms with E-state index in [4.69, 9.17) is 0 Å². The van der Waals surface area contributed by atoms with Gasteiger partial charge in [0.1, 0.15) is 5.01 Å². The van der Waals surface area contributed by atoms with Gasteiger partial charge in [0.2, 0.25) is 5.13 Å². The van der Waals surface area contributed by atoms with E-state index in [0.717, 1.165) is 29.8 Å². The molecule has 98 valence electrons. The molecule has 0 radical (unpaired) electrons. The second kappa shape index (κ2) is 6.91. The van der Waals surface area contributed by atoms with Gasteiger partial charge in [-0.05, 0) is 11.8 Å². The van der Waals surface area contributed by atoms with E-state index >= 15 is 0 Å². The van der Waals surface area contributed by atoms with Crippen LogP contribution in [0, 0.1) is 11.8 Å². The maximum Gasteiger partial charge on any atom is 0.205 e. The molecule has 0 fully saturated rings. The predicted molar refractivity (Wildman–Crippen MR) is 74.4 cm³/mol. The van der Waals surface area contributed by atoms with Crippen molar-refractivity contribution in [2.45, 2.75) is 34.2 Å². The monoisotopic (exact) mass is 256 g/mol. The van der Waals surface area contributed by atoms with Crippen molar-refractivity contribution in [1.29, 1.82) is 0 Å². The maximum atomic E-state index is 4.21. The summed E-state index contributed by atoms with van der Waals surface area (Å²) in [7, 11) is 1.88. The zero-order chi connectivity index (χ0) is 12.8. The smallest absolute Gasteiger partial charge is 0.205 e. The molecule has 1 aromatic heterocycles. The summed E-state index contributed by atoms with van der Waals surface area (Å²) >= 11 is 1.64. The van der Waals surface area contributed by atoms with Crippen molar-refractivity contribution in [3.05, 3.63) is 5.01 Å². The average molecular weight is 256 g/mol. The Kier molecular flexibility index (Phi) is 5.85. The molecule has 5 heteroatoms. The van der Waals surface area contributed by atoms with Gasteiger partial charge in [0, 0.05) is 20.1 Å². The van der Waals surface area contributed by atoms with Crippen LogP contribution < -0.4 is 5.32 Å². The highest BCUT2D eigenvalue weighted by atomic mass is 32.1. The van der Waals surface area contributed by atoms with Gasteiger partial charge in [0.25, 0.3) is 0 Å². The summed E-state index contributed by atoms with van der Waals surface area (Å²) in [6, 6.07) is 0. The normalized spacial score (nSPS) is 11.8. The van der Waals surface area contributed by atoms with Crippen molar-refractivity contribution in [3.63, 3.8) is 0 Å². The summed E-state index contributed by atoms with van der Waals surface area (Å²) in [6.45, 7) is 12.2. The van der Waals surface area contributed by atoms with E-state index in [1.165, 1.54) is 0 Å². The first-order valence-electron chi connectivity index (χ1n) is 6.23. The lowest BCUT2D eigenvalue weighted by atomic mass is 10.1. The van der Waals surface area contributed by atoms with Gasteiger partial charge in [0.05, 0.1) is 6.54 Å². The minimum Gasteiger partial charge on any atom is -0.363 e. The molecule has 0 amide bonds. The van der Waals surface area contributed by atoms with Crippen molar-refractivity contribution in [1.82, 2.24) is 15.1 Å². The highest BCUT2D eigenvalue weighted by molar-refractivity contribution is 7.15. The number of rotatable bonds is 7. The Bertz CT molecular complexity index is 312. The van der Waals surface area contributed by atoms with Gasteiger partial charge in [-0.2, -0.15) is 0 Å². The Labute approximate surface area is 108 Å². The van der Waals surface area contributed by atoms with E-state index in [1.54, 1.807) is 11.3 Å². The molecule has 0 bridgehead atoms. The van der Waals surface area contributed by atoms with Gasteiger partial charge in [-0.1, -0.05) is 39.0 Å². The summed E-state index contributed by atoms with van der Waals surface area (Å²) < 4.78 is 0. The molecular formula is C12H24N4S. The molecular weight excluding hydrogens is 232 g/mol. The largest absolute Gasteiger partial charge is 0.363 e. The first-order chi connectivity index (χ1) is 8.01. The number of aromatic nitrogens is 2. The van der Waals surface area contributed by atoms with Gasteiger partial charge < -0.3 is 5.32 Å². The predicted octanol–water partition coefficient (Wildman–Crippen LogP) is 2.69. The second-order valence-electron chi connectivity index (χ2n) is 5.23. The molecule has 1 aromatic rings. The summed E-state index contributed by atoms with van der Waals surface area (Å²) in [5.74, 6) is 1.37. The van der Waals surface area contributed by atoms with Crippen LogP contribution in [0.15, 0.2) is 0 Å². The van der Waals surface area contributed by atoms with Crippen LogP contribution in [0.3, 0.4) is 0 Å². The Hall–Kier alpha value is -0.680. The number of nitrogens with one attached hydrogen (secondary N) is 1. The van der Waals surface area contributed by atoms with Gasteiger partial charge >= 0.3 is 0 Å². The molecule has 0 aliphatic rings. The number of hydrogen-bond acceptors (Lipinski definition) is 5. The van der Waals surface area contributed by atoms with Crippen molar-refractivity contribution in [2.75, 3.05) is 25.5 Å². The van der Waals surface area contributed by atoms with Crippen LogP contribution in [0.5, 0.6) is 0 Å². The molecule has 0 saturated carbocycles. The van der Waals surface area contributed by atoms with E-state index in [1.807, 2.05) is 7.05 Å². The molecule has 0 atom stereocenters. The zero-order valence-electron chi connectivity index (χ0n) is 11.5. The number of anilines is 1. The van der Waals surface area contributed by atoms with Gasteiger partial charge in [-0.25, -0.2) is 0 Å². The van der Waals surface area contributed by atoms with E-state index in [-0.39, 0.29) is 0 Å². The molecule has 0 aromatic carbocycles. The van der Waals surface area contributed by atoms with Crippen LogP contribution in [-0.4, -0.2) is 35.2 Å². The summed E-state index contributed by atoms with van der Waals surface area (Å²) in [4.78, 5) is 2.47. The molecule has 0 aliphatic heterocycles. The summed E-state index contributed by atoms with van der Waals surface area (Å²) in [5.41, 5.74) is 0. The van der Waals surface area contributed by atoms with E-state index < -0.39 is 0 Å². The third-order valence-electron chi connectivity index (χ3n) is 2.29. The molecule has 1 N–H and O–H groups in total. The molecule has 1 rings (SSSR count). The lowest BCUT2D eigenvalue weighted by molar-refractivity contribution is 0.211. The quantitative estimate of drug-likeness (QED) is 0.814. The van der Waals surface area contributed by atoms with Gasteiger partial charge in [0.15, 0.2) is 0 Å². The van der Waals surface area contributed by atoms with Crippen LogP contribution in [0.4, 0.5) is 5.13 Å². The first-order valence-corrected chi connectivity index (χ1v) is 7.05. The molecule has 4 nitrogen and oxygen atoms in total. The van der Waals surface area contributed by atoms with Crippen molar-refractivity contribution in [3.8, 4) is 0 Å². The third kappa shape index (κ3) is 5.46. The second-order valence-corrected chi connectivity index (χ2v) is 6.29. The lowest BCUT2D eigenvalue weighted by Crippen LogP contribution is -2.30. The zero-order valence-corrected chi connectivity index (χ0v) is 12.3. The van der Waals surface area contributed by atoms with Crippen LogP contribution in [0.2, 0.25) is 0 Å². The Morgan fingerprint density at radius 2 is 1.71 bits per heavy atom. The molecule has 1 heterocycles. The van der Waals surface area contributed by atoms with Crippen LogP contribution in [-0.2, 0) is 6.54 Å². The fourth-order valence-corrected chi connectivity index (χ4v) is 2.58. The lowest BCUT2D eigenvalue weighted by Gasteiger charge is -2.24. The molecule has 0 saturated heterocycles. The fourth-order valence-electron chi connectivity index (χ4n) is 1.85. The van der Waals surface area contributed by atoms with E-state index in [2.05, 4.69) is 48.1 Å². The first kappa shape index (κ1) is 14.4. The van der Waals surface area contributed by atoms with Crippen molar-refractivity contribution >= 4 is 16.5 Å². The SMILES string of the molecule is CNc1nnc(CN(CC(C)C)CC(C)C)s1. The van der Waals surface area contributed by atoms with Crippen LogP contribution in [0.1, 0.15) is 32.7 Å². The fraction of sp³-hybridized carbons (Fsp3) is 0.833.